The van der Waals surface area contributed by atoms with Crippen LogP contribution in [0, 0.1) is 0 Å². The standard InChI is InChI=1S/C18H16F3N3O3/c1-23(11-24-14-8-4-5-9-15(14)27-17(24)26)10-16(25)22-13-7-3-2-6-12(13)18(19,20)21/h2-9H,10-11H2,1H3,(H,22,25). The van der Waals surface area contributed by atoms with Gasteiger partial charge in [0.15, 0.2) is 5.58 Å². The Morgan fingerprint density at radius 1 is 1.15 bits per heavy atom. The van der Waals surface area contributed by atoms with Crippen LogP contribution >= 0.6 is 0 Å². The van der Waals surface area contributed by atoms with E-state index in [1.807, 2.05) is 0 Å². The van der Waals surface area contributed by atoms with E-state index in [1.165, 1.54) is 27.7 Å². The highest BCUT2D eigenvalue weighted by atomic mass is 19.4. The Morgan fingerprint density at radius 3 is 2.56 bits per heavy atom. The zero-order chi connectivity index (χ0) is 19.6. The van der Waals surface area contributed by atoms with E-state index in [-0.39, 0.29) is 18.9 Å². The minimum atomic E-state index is -4.57. The highest BCUT2D eigenvalue weighted by Gasteiger charge is 2.33. The van der Waals surface area contributed by atoms with E-state index in [2.05, 4.69) is 5.32 Å². The fourth-order valence-corrected chi connectivity index (χ4v) is 2.71. The van der Waals surface area contributed by atoms with Gasteiger partial charge in [0.2, 0.25) is 5.91 Å². The molecule has 0 spiro atoms. The lowest BCUT2D eigenvalue weighted by Crippen LogP contribution is -2.34. The highest BCUT2D eigenvalue weighted by molar-refractivity contribution is 5.93. The number of fused-ring (bicyclic) bond motifs is 1. The maximum atomic E-state index is 13.0. The average molecular weight is 379 g/mol. The first-order valence-electron chi connectivity index (χ1n) is 7.98. The number of aromatic nitrogens is 1. The summed E-state index contributed by atoms with van der Waals surface area (Å²) >= 11 is 0. The van der Waals surface area contributed by atoms with Gasteiger partial charge in [0.05, 0.1) is 30.0 Å². The van der Waals surface area contributed by atoms with Gasteiger partial charge in [-0.25, -0.2) is 4.79 Å². The summed E-state index contributed by atoms with van der Waals surface area (Å²) in [6.45, 7) is -0.164. The van der Waals surface area contributed by atoms with E-state index in [1.54, 1.807) is 31.3 Å². The van der Waals surface area contributed by atoms with Crippen LogP contribution in [0.2, 0.25) is 0 Å². The number of hydrogen-bond donors (Lipinski definition) is 1. The predicted molar refractivity (Wildman–Crippen MR) is 93.2 cm³/mol. The Labute approximate surface area is 151 Å². The summed E-state index contributed by atoms with van der Waals surface area (Å²) in [5.74, 6) is -1.21. The third kappa shape index (κ3) is 4.20. The van der Waals surface area contributed by atoms with Crippen molar-refractivity contribution in [3.8, 4) is 0 Å². The molecule has 2 aromatic carbocycles. The first kappa shape index (κ1) is 18.7. The highest BCUT2D eigenvalue weighted by Crippen LogP contribution is 2.34. The van der Waals surface area contributed by atoms with Crippen molar-refractivity contribution < 1.29 is 22.4 Å². The number of carbonyl (C=O) groups is 1. The van der Waals surface area contributed by atoms with E-state index in [0.29, 0.717) is 11.1 Å². The second-order valence-electron chi connectivity index (χ2n) is 6.01. The molecule has 0 fully saturated rings. The van der Waals surface area contributed by atoms with Crippen molar-refractivity contribution in [2.75, 3.05) is 18.9 Å². The maximum Gasteiger partial charge on any atom is 0.421 e. The quantitative estimate of drug-likeness (QED) is 0.740. The third-order valence-electron chi connectivity index (χ3n) is 3.88. The summed E-state index contributed by atoms with van der Waals surface area (Å²) in [7, 11) is 1.57. The summed E-state index contributed by atoms with van der Waals surface area (Å²) in [5.41, 5.74) is -0.246. The largest absolute Gasteiger partial charge is 0.421 e. The molecule has 0 atom stereocenters. The van der Waals surface area contributed by atoms with Crippen molar-refractivity contribution in [1.82, 2.24) is 9.47 Å². The molecule has 1 heterocycles. The van der Waals surface area contributed by atoms with Crippen LogP contribution in [0.3, 0.4) is 0 Å². The molecule has 3 aromatic rings. The molecule has 0 unspecified atom stereocenters. The van der Waals surface area contributed by atoms with Gasteiger partial charge in [0.1, 0.15) is 0 Å². The van der Waals surface area contributed by atoms with Gasteiger partial charge in [0.25, 0.3) is 0 Å². The number of alkyl halides is 3. The van der Waals surface area contributed by atoms with Crippen LogP contribution in [0.25, 0.3) is 11.1 Å². The SMILES string of the molecule is CN(CC(=O)Nc1ccccc1C(F)(F)F)Cn1c(=O)oc2ccccc21. The first-order chi connectivity index (χ1) is 12.8. The van der Waals surface area contributed by atoms with E-state index in [9.17, 15) is 22.8 Å². The lowest BCUT2D eigenvalue weighted by atomic mass is 10.1. The number of nitrogens with one attached hydrogen (secondary N) is 1. The van der Waals surface area contributed by atoms with Gasteiger partial charge in [-0.05, 0) is 31.3 Å². The zero-order valence-electron chi connectivity index (χ0n) is 14.3. The number of para-hydroxylation sites is 3. The summed E-state index contributed by atoms with van der Waals surface area (Å²) in [4.78, 5) is 25.6. The molecular formula is C18H16F3N3O3. The Hall–Kier alpha value is -3.07. The maximum absolute atomic E-state index is 13.0. The number of hydrogen-bond acceptors (Lipinski definition) is 4. The zero-order valence-corrected chi connectivity index (χ0v) is 14.3. The second-order valence-corrected chi connectivity index (χ2v) is 6.01. The molecule has 0 saturated heterocycles. The monoisotopic (exact) mass is 379 g/mol. The molecule has 27 heavy (non-hydrogen) atoms. The molecule has 142 valence electrons. The predicted octanol–water partition coefficient (Wildman–Crippen LogP) is 3.14. The van der Waals surface area contributed by atoms with E-state index in [4.69, 9.17) is 4.42 Å². The molecule has 1 amide bonds. The molecule has 1 N–H and O–H groups in total. The summed E-state index contributed by atoms with van der Waals surface area (Å²) in [5, 5.41) is 2.27. The van der Waals surface area contributed by atoms with E-state index in [0.717, 1.165) is 6.07 Å². The fourth-order valence-electron chi connectivity index (χ4n) is 2.71. The van der Waals surface area contributed by atoms with Crippen LogP contribution in [0.5, 0.6) is 0 Å². The summed E-state index contributed by atoms with van der Waals surface area (Å²) < 4.78 is 45.4. The number of benzene rings is 2. The fraction of sp³-hybridized carbons (Fsp3) is 0.222. The third-order valence-corrected chi connectivity index (χ3v) is 3.88. The normalized spacial score (nSPS) is 11.9. The summed E-state index contributed by atoms with van der Waals surface area (Å²) in [6, 6.07) is 11.6. The van der Waals surface area contributed by atoms with Gasteiger partial charge in [-0.2, -0.15) is 13.2 Å². The number of amides is 1. The molecule has 0 saturated carbocycles. The van der Waals surface area contributed by atoms with Gasteiger partial charge < -0.3 is 9.73 Å². The number of rotatable bonds is 5. The van der Waals surface area contributed by atoms with Crippen LogP contribution in [0.1, 0.15) is 5.56 Å². The minimum absolute atomic E-state index is 0.0458. The van der Waals surface area contributed by atoms with Crippen LogP contribution in [0.4, 0.5) is 18.9 Å². The molecule has 0 radical (unpaired) electrons. The number of halogens is 3. The molecule has 0 bridgehead atoms. The lowest BCUT2D eigenvalue weighted by molar-refractivity contribution is -0.137. The minimum Gasteiger partial charge on any atom is -0.408 e. The number of carbonyl (C=O) groups excluding carboxylic acids is 1. The van der Waals surface area contributed by atoms with E-state index < -0.39 is 23.4 Å². The van der Waals surface area contributed by atoms with Crippen LogP contribution in [-0.2, 0) is 17.6 Å². The number of nitrogens with zero attached hydrogens (tertiary/aromatic N) is 2. The van der Waals surface area contributed by atoms with Crippen molar-refractivity contribution in [3.05, 3.63) is 64.6 Å². The van der Waals surface area contributed by atoms with Crippen molar-refractivity contribution in [2.45, 2.75) is 12.8 Å². The molecule has 6 nitrogen and oxygen atoms in total. The Kier molecular flexibility index (Phi) is 5.04. The van der Waals surface area contributed by atoms with Gasteiger partial charge in [-0.15, -0.1) is 0 Å². The number of oxazole rings is 1. The molecule has 9 heteroatoms. The van der Waals surface area contributed by atoms with Gasteiger partial charge in [0, 0.05) is 0 Å². The van der Waals surface area contributed by atoms with Crippen molar-refractivity contribution in [3.63, 3.8) is 0 Å². The number of anilines is 1. The Bertz CT molecular complexity index is 1020. The van der Waals surface area contributed by atoms with E-state index >= 15 is 0 Å². The number of likely N-dealkylation sites (N-methyl/N-ethyl adjacent to an activating group) is 1. The molecule has 1 aromatic heterocycles. The van der Waals surface area contributed by atoms with Crippen LogP contribution < -0.4 is 11.1 Å². The van der Waals surface area contributed by atoms with Crippen LogP contribution in [0.15, 0.2) is 57.7 Å². The Morgan fingerprint density at radius 2 is 1.81 bits per heavy atom. The van der Waals surface area contributed by atoms with Crippen molar-refractivity contribution >= 4 is 22.7 Å². The van der Waals surface area contributed by atoms with Gasteiger partial charge in [-0.3, -0.25) is 14.3 Å². The van der Waals surface area contributed by atoms with Crippen molar-refractivity contribution in [1.29, 1.82) is 0 Å². The van der Waals surface area contributed by atoms with Crippen molar-refractivity contribution in [2.24, 2.45) is 0 Å². The molecular weight excluding hydrogens is 363 g/mol. The summed E-state index contributed by atoms with van der Waals surface area (Å²) in [6.07, 6.45) is -4.57. The van der Waals surface area contributed by atoms with Gasteiger partial charge >= 0.3 is 11.9 Å². The lowest BCUT2D eigenvalue weighted by Gasteiger charge is -2.18. The Balaban J connectivity index is 1.70. The topological polar surface area (TPSA) is 67.5 Å². The molecule has 0 aliphatic rings. The molecule has 3 rings (SSSR count). The first-order valence-corrected chi connectivity index (χ1v) is 7.98. The molecule has 0 aliphatic heterocycles. The average Bonchev–Trinajstić information content (AvgIpc) is 2.90. The smallest absolute Gasteiger partial charge is 0.408 e. The molecule has 0 aliphatic carbocycles. The van der Waals surface area contributed by atoms with Crippen LogP contribution in [-0.4, -0.2) is 29.0 Å². The van der Waals surface area contributed by atoms with Gasteiger partial charge in [-0.1, -0.05) is 24.3 Å². The second kappa shape index (κ2) is 7.28.